The Morgan fingerprint density at radius 2 is 1.89 bits per heavy atom. The molecule has 0 radical (unpaired) electrons. The summed E-state index contributed by atoms with van der Waals surface area (Å²) < 4.78 is 0.977. The second kappa shape index (κ2) is 6.92. The highest BCUT2D eigenvalue weighted by Gasteiger charge is 2.14. The van der Waals surface area contributed by atoms with Crippen LogP contribution in [-0.4, -0.2) is 20.9 Å². The van der Waals surface area contributed by atoms with Crippen molar-refractivity contribution in [1.29, 1.82) is 0 Å². The number of rotatable bonds is 4. The van der Waals surface area contributed by atoms with E-state index in [9.17, 15) is 4.79 Å². The molecule has 0 aliphatic rings. The van der Waals surface area contributed by atoms with Gasteiger partial charge < -0.3 is 15.3 Å². The number of nitrogens with zero attached hydrogens (tertiary/aromatic N) is 1. The van der Waals surface area contributed by atoms with Crippen LogP contribution in [-0.2, 0) is 11.2 Å². The van der Waals surface area contributed by atoms with Gasteiger partial charge in [-0.05, 0) is 23.8 Å². The number of amides is 1. The van der Waals surface area contributed by atoms with Crippen LogP contribution in [0.1, 0.15) is 5.56 Å². The van der Waals surface area contributed by atoms with Gasteiger partial charge in [-0.25, -0.2) is 4.98 Å². The van der Waals surface area contributed by atoms with E-state index in [1.165, 1.54) is 11.3 Å². The largest absolute Gasteiger partial charge is 0.361 e. The average molecular weight is 451 g/mol. The van der Waals surface area contributed by atoms with Crippen molar-refractivity contribution in [3.8, 4) is 11.3 Å². The van der Waals surface area contributed by atoms with Gasteiger partial charge in [0.25, 0.3) is 0 Å². The summed E-state index contributed by atoms with van der Waals surface area (Å²) in [5.74, 6) is -0.0866. The van der Waals surface area contributed by atoms with Crippen molar-refractivity contribution in [3.63, 3.8) is 0 Å². The molecule has 0 spiro atoms. The highest BCUT2D eigenvalue weighted by molar-refractivity contribution is 9.10. The number of fused-ring (bicyclic) bond motifs is 2. The molecule has 2 aromatic carbocycles. The van der Waals surface area contributed by atoms with Crippen LogP contribution in [0.5, 0.6) is 0 Å². The molecule has 0 atom stereocenters. The lowest BCUT2D eigenvalue weighted by atomic mass is 10.1. The summed E-state index contributed by atoms with van der Waals surface area (Å²) in [4.78, 5) is 23.6. The molecular weight excluding hydrogens is 436 g/mol. The molecule has 1 amide bonds. The summed E-state index contributed by atoms with van der Waals surface area (Å²) in [5.41, 5.74) is 4.92. The van der Waals surface area contributed by atoms with Crippen LogP contribution in [0.2, 0.25) is 0 Å². The molecule has 3 heterocycles. The maximum atomic E-state index is 12.6. The Morgan fingerprint density at radius 1 is 1.07 bits per heavy atom. The fourth-order valence-corrected chi connectivity index (χ4v) is 4.77. The predicted octanol–water partition coefficient (Wildman–Crippen LogP) is 5.72. The maximum absolute atomic E-state index is 12.6. The summed E-state index contributed by atoms with van der Waals surface area (Å²) >= 11 is 4.99. The van der Waals surface area contributed by atoms with E-state index in [0.29, 0.717) is 5.13 Å². The van der Waals surface area contributed by atoms with Crippen molar-refractivity contribution in [1.82, 2.24) is 15.0 Å². The number of hydrogen-bond acceptors (Lipinski definition) is 3. The van der Waals surface area contributed by atoms with Gasteiger partial charge in [0.1, 0.15) is 0 Å². The molecule has 3 N–H and O–H groups in total. The number of carbonyl (C=O) groups excluding carboxylic acids is 1. The Hall–Kier alpha value is -2.90. The Balaban J connectivity index is 1.36. The average Bonchev–Trinajstić information content (AvgIpc) is 3.40. The summed E-state index contributed by atoms with van der Waals surface area (Å²) in [7, 11) is 0. The van der Waals surface area contributed by atoms with Gasteiger partial charge >= 0.3 is 0 Å². The summed E-state index contributed by atoms with van der Waals surface area (Å²) in [5, 5.41) is 7.65. The first kappa shape index (κ1) is 17.2. The molecule has 0 unspecified atom stereocenters. The molecule has 0 aliphatic carbocycles. The number of hydrogen-bond donors (Lipinski definition) is 3. The minimum Gasteiger partial charge on any atom is -0.361 e. The molecule has 5 nitrogen and oxygen atoms in total. The van der Waals surface area contributed by atoms with E-state index in [2.05, 4.69) is 42.3 Å². The van der Waals surface area contributed by atoms with Gasteiger partial charge in [0.05, 0.1) is 12.1 Å². The lowest BCUT2D eigenvalue weighted by Gasteiger charge is -2.02. The van der Waals surface area contributed by atoms with Crippen LogP contribution in [0.25, 0.3) is 33.1 Å². The molecule has 0 saturated carbocycles. The number of carbonyl (C=O) groups is 1. The van der Waals surface area contributed by atoms with Gasteiger partial charge in [-0.1, -0.05) is 40.2 Å². The SMILES string of the molecule is O=C(Cc1c[nH]c2cccc(Br)c12)Nc1nc(-c2c[nH]c3ccccc23)cs1. The maximum Gasteiger partial charge on any atom is 0.230 e. The monoisotopic (exact) mass is 450 g/mol. The molecule has 0 aliphatic heterocycles. The first-order valence-corrected chi connectivity index (χ1v) is 10.4. The van der Waals surface area contributed by atoms with E-state index in [4.69, 9.17) is 0 Å². The van der Waals surface area contributed by atoms with Crippen molar-refractivity contribution in [2.45, 2.75) is 6.42 Å². The Morgan fingerprint density at radius 3 is 2.82 bits per heavy atom. The second-order valence-electron chi connectivity index (χ2n) is 6.49. The van der Waals surface area contributed by atoms with Crippen LogP contribution < -0.4 is 5.32 Å². The predicted molar refractivity (Wildman–Crippen MR) is 118 cm³/mol. The minimum absolute atomic E-state index is 0.0866. The summed E-state index contributed by atoms with van der Waals surface area (Å²) in [6.45, 7) is 0. The van der Waals surface area contributed by atoms with Crippen LogP contribution in [0.3, 0.4) is 0 Å². The zero-order valence-corrected chi connectivity index (χ0v) is 17.0. The molecule has 3 aromatic heterocycles. The highest BCUT2D eigenvalue weighted by atomic mass is 79.9. The molecule has 0 bridgehead atoms. The molecular formula is C21H15BrN4OS. The van der Waals surface area contributed by atoms with Crippen molar-refractivity contribution in [2.75, 3.05) is 5.32 Å². The number of H-pyrrole nitrogens is 2. The van der Waals surface area contributed by atoms with E-state index in [-0.39, 0.29) is 12.3 Å². The third-order valence-electron chi connectivity index (χ3n) is 4.70. The first-order valence-electron chi connectivity index (χ1n) is 8.75. The van der Waals surface area contributed by atoms with Crippen LogP contribution in [0.4, 0.5) is 5.13 Å². The van der Waals surface area contributed by atoms with Crippen LogP contribution >= 0.6 is 27.3 Å². The van der Waals surface area contributed by atoms with E-state index in [1.54, 1.807) is 0 Å². The van der Waals surface area contributed by atoms with Gasteiger partial charge in [0.15, 0.2) is 5.13 Å². The zero-order chi connectivity index (χ0) is 19.1. The number of halogens is 1. The summed E-state index contributed by atoms with van der Waals surface area (Å²) in [6.07, 6.45) is 4.12. The minimum atomic E-state index is -0.0866. The van der Waals surface area contributed by atoms with Crippen molar-refractivity contribution >= 4 is 60.1 Å². The van der Waals surface area contributed by atoms with Gasteiger partial charge in [0, 0.05) is 49.6 Å². The van der Waals surface area contributed by atoms with E-state index < -0.39 is 0 Å². The lowest BCUT2D eigenvalue weighted by molar-refractivity contribution is -0.115. The topological polar surface area (TPSA) is 73.6 Å². The van der Waals surface area contributed by atoms with Gasteiger partial charge in [-0.3, -0.25) is 4.79 Å². The number of aromatic nitrogens is 3. The zero-order valence-electron chi connectivity index (χ0n) is 14.6. The number of thiazole rings is 1. The van der Waals surface area contributed by atoms with E-state index in [1.807, 2.05) is 54.2 Å². The lowest BCUT2D eigenvalue weighted by Crippen LogP contribution is -2.14. The fourth-order valence-electron chi connectivity index (χ4n) is 3.42. The van der Waals surface area contributed by atoms with E-state index in [0.717, 1.165) is 43.1 Å². The molecule has 0 saturated heterocycles. The number of anilines is 1. The van der Waals surface area contributed by atoms with Crippen LogP contribution in [0.15, 0.2) is 64.7 Å². The number of para-hydroxylation sites is 1. The smallest absolute Gasteiger partial charge is 0.230 e. The number of aromatic amines is 2. The first-order chi connectivity index (χ1) is 13.7. The fraction of sp³-hybridized carbons (Fsp3) is 0.0476. The normalized spacial score (nSPS) is 11.3. The molecule has 138 valence electrons. The van der Waals surface area contributed by atoms with Crippen LogP contribution in [0, 0.1) is 0 Å². The van der Waals surface area contributed by atoms with E-state index >= 15 is 0 Å². The number of benzene rings is 2. The van der Waals surface area contributed by atoms with Crippen molar-refractivity contribution < 1.29 is 4.79 Å². The Labute approximate surface area is 172 Å². The van der Waals surface area contributed by atoms with Crippen molar-refractivity contribution in [2.24, 2.45) is 0 Å². The molecule has 5 aromatic rings. The summed E-state index contributed by atoms with van der Waals surface area (Å²) in [6, 6.07) is 14.0. The highest BCUT2D eigenvalue weighted by Crippen LogP contribution is 2.31. The number of nitrogens with one attached hydrogen (secondary N) is 3. The Kier molecular flexibility index (Phi) is 4.26. The molecule has 5 rings (SSSR count). The van der Waals surface area contributed by atoms with Gasteiger partial charge in [-0.15, -0.1) is 11.3 Å². The quantitative estimate of drug-likeness (QED) is 0.327. The second-order valence-corrected chi connectivity index (χ2v) is 8.20. The van der Waals surface area contributed by atoms with Gasteiger partial charge in [-0.2, -0.15) is 0 Å². The Bertz CT molecular complexity index is 1320. The molecule has 7 heteroatoms. The third-order valence-corrected chi connectivity index (χ3v) is 6.12. The van der Waals surface area contributed by atoms with Crippen molar-refractivity contribution in [3.05, 3.63) is 70.3 Å². The standard InChI is InChI=1S/C21H15BrN4OS/c22-15-5-3-7-17-20(15)12(9-23-17)8-19(27)26-21-25-18(11-28-21)14-10-24-16-6-2-1-4-13(14)16/h1-7,9-11,23-24H,8H2,(H,25,26,27). The van der Waals surface area contributed by atoms with Gasteiger partial charge in [0.2, 0.25) is 5.91 Å². The third kappa shape index (κ3) is 3.02. The molecule has 0 fully saturated rings. The molecule has 28 heavy (non-hydrogen) atoms.